The molecule has 1 atom stereocenters. The third-order valence-electron chi connectivity index (χ3n) is 6.27. The van der Waals surface area contributed by atoms with Crippen LogP contribution in [0.4, 0.5) is 0 Å². The lowest BCUT2D eigenvalue weighted by atomic mass is 9.93. The van der Waals surface area contributed by atoms with Gasteiger partial charge in [0, 0.05) is 39.1 Å². The van der Waals surface area contributed by atoms with Gasteiger partial charge in [0.05, 0.1) is 18.0 Å². The zero-order valence-corrected chi connectivity index (χ0v) is 23.4. The predicted octanol–water partition coefficient (Wildman–Crippen LogP) is 6.07. The fourth-order valence-corrected chi connectivity index (χ4v) is 6.34. The fourth-order valence-electron chi connectivity index (χ4n) is 4.30. The van der Waals surface area contributed by atoms with E-state index in [1.165, 1.54) is 4.31 Å². The molecule has 3 aromatic rings. The van der Waals surface area contributed by atoms with Gasteiger partial charge in [-0.1, -0.05) is 51.3 Å². The first-order valence-electron chi connectivity index (χ1n) is 11.3. The number of carbonyl (C=O) groups is 1. The summed E-state index contributed by atoms with van der Waals surface area (Å²) in [7, 11) is -2.05. The van der Waals surface area contributed by atoms with Crippen LogP contribution in [-0.2, 0) is 14.8 Å². The van der Waals surface area contributed by atoms with Crippen LogP contribution in [0.5, 0.6) is 5.75 Å². The van der Waals surface area contributed by atoms with Crippen LogP contribution in [0.2, 0.25) is 10.0 Å². The molecule has 1 aliphatic rings. The average molecular weight is 612 g/mol. The van der Waals surface area contributed by atoms with Crippen LogP contribution in [0, 0.1) is 5.92 Å². The van der Waals surface area contributed by atoms with Gasteiger partial charge in [-0.05, 0) is 73.0 Å². The van der Waals surface area contributed by atoms with Crippen molar-refractivity contribution in [1.82, 2.24) is 9.62 Å². The van der Waals surface area contributed by atoms with Crippen LogP contribution in [0.1, 0.15) is 30.0 Å². The van der Waals surface area contributed by atoms with Crippen LogP contribution in [-0.4, -0.2) is 38.8 Å². The molecule has 36 heavy (non-hydrogen) atoms. The smallest absolute Gasteiger partial charge is 0.243 e. The van der Waals surface area contributed by atoms with Crippen molar-refractivity contribution in [2.45, 2.75) is 23.8 Å². The van der Waals surface area contributed by atoms with Gasteiger partial charge in [-0.2, -0.15) is 4.31 Å². The Morgan fingerprint density at radius 3 is 2.22 bits per heavy atom. The van der Waals surface area contributed by atoms with Crippen LogP contribution in [0.25, 0.3) is 0 Å². The first-order valence-corrected chi connectivity index (χ1v) is 14.3. The van der Waals surface area contributed by atoms with Gasteiger partial charge in [-0.25, -0.2) is 8.42 Å². The Morgan fingerprint density at radius 1 is 1.00 bits per heavy atom. The fraction of sp³-hybridized carbons (Fsp3) is 0.269. The highest BCUT2D eigenvalue weighted by Gasteiger charge is 2.33. The van der Waals surface area contributed by atoms with Crippen molar-refractivity contribution in [3.63, 3.8) is 0 Å². The van der Waals surface area contributed by atoms with E-state index < -0.39 is 16.1 Å². The maximum Gasteiger partial charge on any atom is 0.243 e. The summed E-state index contributed by atoms with van der Waals surface area (Å²) in [5, 5.41) is 4.24. The number of hydrogen-bond acceptors (Lipinski definition) is 4. The van der Waals surface area contributed by atoms with Crippen LogP contribution in [0.15, 0.2) is 76.1 Å². The molecule has 0 aromatic heterocycles. The number of nitrogens with one attached hydrogen (secondary N) is 1. The molecule has 1 N–H and O–H groups in total. The summed E-state index contributed by atoms with van der Waals surface area (Å²) in [5.41, 5.74) is 1.54. The van der Waals surface area contributed by atoms with Crippen LogP contribution < -0.4 is 10.1 Å². The number of carbonyl (C=O) groups excluding carboxylic acids is 1. The molecule has 1 fully saturated rings. The third kappa shape index (κ3) is 6.06. The normalized spacial score (nSPS) is 15.9. The van der Waals surface area contributed by atoms with Crippen molar-refractivity contribution >= 4 is 55.1 Å². The van der Waals surface area contributed by atoms with Crippen molar-refractivity contribution in [3.8, 4) is 5.75 Å². The number of rotatable bonds is 7. The highest BCUT2D eigenvalue weighted by molar-refractivity contribution is 9.10. The second kappa shape index (κ2) is 11.5. The number of methoxy groups -OCH3 is 1. The first-order chi connectivity index (χ1) is 17.2. The number of sulfonamides is 1. The predicted molar refractivity (Wildman–Crippen MR) is 145 cm³/mol. The Labute approximate surface area is 229 Å². The molecular formula is C26H25BrCl2N2O4S. The number of ether oxygens (including phenoxy) is 1. The lowest BCUT2D eigenvalue weighted by Crippen LogP contribution is -2.43. The molecule has 0 spiro atoms. The Hall–Kier alpha value is -2.10. The summed E-state index contributed by atoms with van der Waals surface area (Å²) in [6.07, 6.45) is 0.837. The molecule has 0 saturated carbocycles. The topological polar surface area (TPSA) is 75.7 Å². The second-order valence-corrected chi connectivity index (χ2v) is 12.2. The van der Waals surface area contributed by atoms with Crippen LogP contribution in [0.3, 0.4) is 0 Å². The summed E-state index contributed by atoms with van der Waals surface area (Å²) >= 11 is 15.7. The van der Waals surface area contributed by atoms with Crippen molar-refractivity contribution in [2.24, 2.45) is 5.92 Å². The maximum atomic E-state index is 13.4. The largest absolute Gasteiger partial charge is 0.496 e. The lowest BCUT2D eigenvalue weighted by molar-refractivity contribution is -0.126. The number of hydrogen-bond donors (Lipinski definition) is 1. The summed E-state index contributed by atoms with van der Waals surface area (Å²) in [5.74, 6) is 0.106. The number of amides is 1. The molecule has 4 rings (SSSR count). The van der Waals surface area contributed by atoms with Crippen molar-refractivity contribution in [2.75, 3.05) is 20.2 Å². The molecule has 1 unspecified atom stereocenters. The van der Waals surface area contributed by atoms with Gasteiger partial charge in [-0.15, -0.1) is 0 Å². The zero-order chi connectivity index (χ0) is 25.9. The molecule has 1 heterocycles. The van der Waals surface area contributed by atoms with E-state index in [4.69, 9.17) is 27.9 Å². The van der Waals surface area contributed by atoms with Gasteiger partial charge in [0.15, 0.2) is 0 Å². The first kappa shape index (κ1) is 26.9. The standard InChI is InChI=1S/C26H25BrCl2N2O4S/c1-35-24-11-8-21(29)16-23(24)25(17-2-6-20(28)7-3-17)30-26(32)18-12-14-31(15-13-18)36(33,34)22-9-4-19(27)5-10-22/h2-11,16,18,25H,12-15H2,1H3,(H,30,32). The van der Waals surface area contributed by atoms with Gasteiger partial charge >= 0.3 is 0 Å². The van der Waals surface area contributed by atoms with Crippen molar-refractivity contribution in [3.05, 3.63) is 92.4 Å². The number of piperidine rings is 1. The van der Waals surface area contributed by atoms with E-state index in [2.05, 4.69) is 21.2 Å². The lowest BCUT2D eigenvalue weighted by Gasteiger charge is -2.32. The molecule has 3 aromatic carbocycles. The van der Waals surface area contributed by atoms with E-state index in [0.717, 1.165) is 15.6 Å². The zero-order valence-electron chi connectivity index (χ0n) is 19.5. The highest BCUT2D eigenvalue weighted by Crippen LogP contribution is 2.34. The van der Waals surface area contributed by atoms with E-state index in [9.17, 15) is 13.2 Å². The second-order valence-electron chi connectivity index (χ2n) is 8.51. The van der Waals surface area contributed by atoms with Gasteiger partial charge in [0.25, 0.3) is 0 Å². The SMILES string of the molecule is COc1ccc(Cl)cc1C(NC(=O)C1CCN(S(=O)(=O)c2ccc(Br)cc2)CC1)c1ccc(Cl)cc1. The highest BCUT2D eigenvalue weighted by atomic mass is 79.9. The van der Waals surface area contributed by atoms with Crippen LogP contribution >= 0.6 is 39.1 Å². The number of nitrogens with zero attached hydrogens (tertiary/aromatic N) is 1. The number of halogens is 3. The molecule has 1 saturated heterocycles. The van der Waals surface area contributed by atoms with E-state index in [0.29, 0.717) is 28.6 Å². The summed E-state index contributed by atoms with van der Waals surface area (Å²) < 4.78 is 33.8. The van der Waals surface area contributed by atoms with E-state index in [1.54, 1.807) is 61.7 Å². The van der Waals surface area contributed by atoms with E-state index in [1.807, 2.05) is 12.1 Å². The molecule has 1 amide bonds. The average Bonchev–Trinajstić information content (AvgIpc) is 2.88. The number of benzene rings is 3. The molecule has 0 aliphatic carbocycles. The van der Waals surface area contributed by atoms with Gasteiger partial charge in [0.2, 0.25) is 15.9 Å². The van der Waals surface area contributed by atoms with Gasteiger partial charge in [-0.3, -0.25) is 4.79 Å². The quantitative estimate of drug-likeness (QED) is 0.352. The molecule has 0 bridgehead atoms. The molecule has 1 aliphatic heterocycles. The molecular weight excluding hydrogens is 587 g/mol. The molecule has 10 heteroatoms. The summed E-state index contributed by atoms with van der Waals surface area (Å²) in [6.45, 7) is 0.533. The minimum absolute atomic E-state index is 0.155. The van der Waals surface area contributed by atoms with Crippen molar-refractivity contribution < 1.29 is 17.9 Å². The summed E-state index contributed by atoms with van der Waals surface area (Å²) in [6, 6.07) is 18.5. The summed E-state index contributed by atoms with van der Waals surface area (Å²) in [4.78, 5) is 13.6. The third-order valence-corrected chi connectivity index (χ3v) is 9.20. The molecule has 190 valence electrons. The maximum absolute atomic E-state index is 13.4. The molecule has 0 radical (unpaired) electrons. The van der Waals surface area contributed by atoms with Gasteiger partial charge in [0.1, 0.15) is 5.75 Å². The Kier molecular flexibility index (Phi) is 8.63. The van der Waals surface area contributed by atoms with Gasteiger partial charge < -0.3 is 10.1 Å². The molecule has 6 nitrogen and oxygen atoms in total. The Bertz CT molecular complexity index is 1330. The van der Waals surface area contributed by atoms with E-state index >= 15 is 0 Å². The van der Waals surface area contributed by atoms with Crippen molar-refractivity contribution in [1.29, 1.82) is 0 Å². The van der Waals surface area contributed by atoms with E-state index in [-0.39, 0.29) is 29.8 Å². The minimum atomic E-state index is -3.62. The Balaban J connectivity index is 1.51. The monoisotopic (exact) mass is 610 g/mol. The minimum Gasteiger partial charge on any atom is -0.496 e. The Morgan fingerprint density at radius 2 is 1.61 bits per heavy atom.